The number of aromatic nitrogens is 2. The molecule has 0 spiro atoms. The molecule has 126 valence electrons. The van der Waals surface area contributed by atoms with Crippen LogP contribution in [0.1, 0.15) is 23.1 Å². The molecule has 23 heavy (non-hydrogen) atoms. The number of fused-ring (bicyclic) bond motifs is 1. The lowest BCUT2D eigenvalue weighted by molar-refractivity contribution is -0.146. The molecule has 1 heterocycles. The van der Waals surface area contributed by atoms with Crippen LogP contribution in [0.5, 0.6) is 0 Å². The van der Waals surface area contributed by atoms with Gasteiger partial charge in [-0.25, -0.2) is 13.4 Å². The normalized spacial score (nSPS) is 12.8. The van der Waals surface area contributed by atoms with E-state index in [1.165, 1.54) is 6.92 Å². The van der Waals surface area contributed by atoms with E-state index in [1.54, 1.807) is 0 Å². The fourth-order valence-electron chi connectivity index (χ4n) is 2.18. The Labute approximate surface area is 138 Å². The average Bonchev–Trinajstić information content (AvgIpc) is 2.82. The van der Waals surface area contributed by atoms with Crippen LogP contribution < -0.4 is 0 Å². The summed E-state index contributed by atoms with van der Waals surface area (Å²) in [7, 11) is -2.64. The first kappa shape index (κ1) is 17.9. The number of aryl methyl sites for hydroxylation is 1. The van der Waals surface area contributed by atoms with Crippen molar-refractivity contribution >= 4 is 42.6 Å². The fraction of sp³-hybridized carbons (Fsp3) is 0.385. The molecule has 0 saturated heterocycles. The van der Waals surface area contributed by atoms with Gasteiger partial charge in [0, 0.05) is 12.6 Å². The van der Waals surface area contributed by atoms with Crippen LogP contribution in [0.3, 0.4) is 0 Å². The summed E-state index contributed by atoms with van der Waals surface area (Å²) in [6.45, 7) is 1.40. The van der Waals surface area contributed by atoms with Gasteiger partial charge in [0.1, 0.15) is 0 Å². The highest BCUT2D eigenvalue weighted by molar-refractivity contribution is 9.09. The lowest BCUT2D eigenvalue weighted by Crippen LogP contribution is -2.13. The van der Waals surface area contributed by atoms with Gasteiger partial charge in [0.05, 0.1) is 27.0 Å². The predicted octanol–water partition coefficient (Wildman–Crippen LogP) is 2.96. The van der Waals surface area contributed by atoms with Crippen molar-refractivity contribution in [1.29, 1.82) is 0 Å². The number of nitrogens with zero attached hydrogens (tertiary/aromatic N) is 2. The summed E-state index contributed by atoms with van der Waals surface area (Å²) >= 11 is 2.94. The number of rotatable bonds is 4. The number of imidazole rings is 1. The number of hydrogen-bond acceptors (Lipinski definition) is 4. The molecule has 2 aromatic rings. The van der Waals surface area contributed by atoms with Gasteiger partial charge in [-0.2, -0.15) is 13.2 Å². The first-order valence-corrected chi connectivity index (χ1v) is 9.20. The van der Waals surface area contributed by atoms with Crippen molar-refractivity contribution in [3.8, 4) is 0 Å². The number of hydrogen-bond donors (Lipinski definition) is 0. The molecule has 1 aromatic heterocycles. The Morgan fingerprint density at radius 3 is 2.43 bits per heavy atom. The topological polar surface area (TPSA) is 69.0 Å². The number of Topliss-reactive ketones (excluding diaryl/α,β-unsaturated/α-hetero) is 1. The zero-order chi connectivity index (χ0) is 17.6. The van der Waals surface area contributed by atoms with Crippen molar-refractivity contribution in [2.75, 3.05) is 11.1 Å². The van der Waals surface area contributed by atoms with Gasteiger partial charge in [0.2, 0.25) is 5.82 Å². The molecule has 0 N–H and O–H groups in total. The van der Waals surface area contributed by atoms with E-state index in [2.05, 4.69) is 20.9 Å². The molecule has 0 aliphatic carbocycles. The van der Waals surface area contributed by atoms with Gasteiger partial charge in [-0.3, -0.25) is 4.79 Å². The molecule has 2 rings (SSSR count). The SMILES string of the molecule is CCS(=O)(=O)c1cc2c(cc1C(=O)CBr)nc(C(F)(F)F)n2C. The Morgan fingerprint density at radius 2 is 1.96 bits per heavy atom. The molecule has 10 heteroatoms. The minimum absolute atomic E-state index is 0.00419. The molecule has 0 radical (unpaired) electrons. The standard InChI is InChI=1S/C13H12BrF3N2O3S/c1-3-23(21,22)11-5-9-8(4-7(11)10(20)6-14)18-12(19(9)2)13(15,16)17/h4-5H,3,6H2,1-2H3. The highest BCUT2D eigenvalue weighted by atomic mass is 79.9. The summed E-state index contributed by atoms with van der Waals surface area (Å²) in [5, 5.41) is -0.149. The summed E-state index contributed by atoms with van der Waals surface area (Å²) in [5.41, 5.74) is -0.252. The minimum atomic E-state index is -4.68. The van der Waals surface area contributed by atoms with Crippen LogP contribution in [-0.2, 0) is 23.1 Å². The molecule has 0 aliphatic heterocycles. The zero-order valence-corrected chi connectivity index (χ0v) is 14.5. The maximum atomic E-state index is 12.9. The van der Waals surface area contributed by atoms with E-state index in [1.807, 2.05) is 0 Å². The number of halogens is 4. The molecule has 0 aliphatic rings. The summed E-state index contributed by atoms with van der Waals surface area (Å²) in [5.74, 6) is -1.97. The maximum absolute atomic E-state index is 12.9. The van der Waals surface area contributed by atoms with Crippen molar-refractivity contribution in [3.05, 3.63) is 23.5 Å². The summed E-state index contributed by atoms with van der Waals surface area (Å²) < 4.78 is 63.9. The van der Waals surface area contributed by atoms with E-state index in [-0.39, 0.29) is 32.6 Å². The highest BCUT2D eigenvalue weighted by Gasteiger charge is 2.37. The largest absolute Gasteiger partial charge is 0.449 e. The van der Waals surface area contributed by atoms with Crippen molar-refractivity contribution < 1.29 is 26.4 Å². The Bertz CT molecular complexity index is 888. The molecular weight excluding hydrogens is 401 g/mol. The van der Waals surface area contributed by atoms with Gasteiger partial charge >= 0.3 is 6.18 Å². The van der Waals surface area contributed by atoms with E-state index >= 15 is 0 Å². The van der Waals surface area contributed by atoms with Crippen LogP contribution in [0.15, 0.2) is 17.0 Å². The third-order valence-electron chi connectivity index (χ3n) is 3.37. The molecule has 0 bridgehead atoms. The Hall–Kier alpha value is -1.42. The van der Waals surface area contributed by atoms with E-state index in [0.717, 1.165) is 23.7 Å². The molecule has 0 unspecified atom stereocenters. The highest BCUT2D eigenvalue weighted by Crippen LogP contribution is 2.33. The van der Waals surface area contributed by atoms with Crippen molar-refractivity contribution in [2.24, 2.45) is 7.05 Å². The van der Waals surface area contributed by atoms with Gasteiger partial charge in [-0.15, -0.1) is 0 Å². The lowest BCUT2D eigenvalue weighted by Gasteiger charge is -2.09. The summed E-state index contributed by atoms with van der Waals surface area (Å²) in [6, 6.07) is 2.17. The van der Waals surface area contributed by atoms with Gasteiger partial charge in [-0.1, -0.05) is 22.9 Å². The summed E-state index contributed by atoms with van der Waals surface area (Å²) in [4.78, 5) is 15.2. The predicted molar refractivity (Wildman–Crippen MR) is 81.6 cm³/mol. The van der Waals surface area contributed by atoms with Crippen molar-refractivity contribution in [3.63, 3.8) is 0 Å². The van der Waals surface area contributed by atoms with Crippen LogP contribution >= 0.6 is 15.9 Å². The average molecular weight is 413 g/mol. The van der Waals surface area contributed by atoms with Crippen molar-refractivity contribution in [1.82, 2.24) is 9.55 Å². The smallest absolute Gasteiger partial charge is 0.323 e. The third-order valence-corrected chi connectivity index (χ3v) is 5.65. The van der Waals surface area contributed by atoms with E-state index in [9.17, 15) is 26.4 Å². The molecule has 0 amide bonds. The van der Waals surface area contributed by atoms with Crippen molar-refractivity contribution in [2.45, 2.75) is 18.0 Å². The fourth-order valence-corrected chi connectivity index (χ4v) is 3.59. The van der Waals surface area contributed by atoms with Gasteiger partial charge in [-0.05, 0) is 12.1 Å². The van der Waals surface area contributed by atoms with Gasteiger partial charge < -0.3 is 4.57 Å². The van der Waals surface area contributed by atoms with Crippen LogP contribution in [0, 0.1) is 0 Å². The maximum Gasteiger partial charge on any atom is 0.449 e. The summed E-state index contributed by atoms with van der Waals surface area (Å²) in [6.07, 6.45) is -4.68. The van der Waals surface area contributed by atoms with E-state index < -0.39 is 27.6 Å². The Morgan fingerprint density at radius 1 is 1.35 bits per heavy atom. The van der Waals surface area contributed by atoms with E-state index in [4.69, 9.17) is 0 Å². The number of carbonyl (C=O) groups is 1. The van der Waals surface area contributed by atoms with Crippen LogP contribution in [0.4, 0.5) is 13.2 Å². The second kappa shape index (κ2) is 5.90. The quantitative estimate of drug-likeness (QED) is 0.571. The molecular formula is C13H12BrF3N2O3S. The van der Waals surface area contributed by atoms with Gasteiger partial charge in [0.25, 0.3) is 0 Å². The van der Waals surface area contributed by atoms with Crippen LogP contribution in [0.2, 0.25) is 0 Å². The second-order valence-electron chi connectivity index (χ2n) is 4.79. The second-order valence-corrected chi connectivity index (χ2v) is 7.60. The first-order valence-electron chi connectivity index (χ1n) is 6.42. The van der Waals surface area contributed by atoms with Gasteiger partial charge in [0.15, 0.2) is 15.6 Å². The van der Waals surface area contributed by atoms with Crippen LogP contribution in [0.25, 0.3) is 11.0 Å². The number of ketones is 1. The monoisotopic (exact) mass is 412 g/mol. The van der Waals surface area contributed by atoms with E-state index in [0.29, 0.717) is 0 Å². The number of benzene rings is 1. The zero-order valence-electron chi connectivity index (χ0n) is 12.1. The number of alkyl halides is 4. The lowest BCUT2D eigenvalue weighted by atomic mass is 10.1. The molecule has 1 aromatic carbocycles. The number of carbonyl (C=O) groups excluding carboxylic acids is 1. The molecule has 5 nitrogen and oxygen atoms in total. The molecule has 0 saturated carbocycles. The van der Waals surface area contributed by atoms with Crippen LogP contribution in [-0.4, -0.2) is 34.8 Å². The first-order chi connectivity index (χ1) is 10.5. The number of sulfone groups is 1. The molecule has 0 fully saturated rings. The molecule has 0 atom stereocenters. The minimum Gasteiger partial charge on any atom is -0.323 e. The Balaban J connectivity index is 2.89. The Kier molecular flexibility index (Phi) is 4.60. The third kappa shape index (κ3) is 3.14.